The molecule has 0 bridgehead atoms. The molecule has 0 N–H and O–H groups in total. The maximum Gasteiger partial charge on any atom is 0.321 e. The second-order valence-electron chi connectivity index (χ2n) is 8.17. The van der Waals surface area contributed by atoms with Crippen molar-refractivity contribution in [2.24, 2.45) is 0 Å². The number of nitrogens with zero attached hydrogens (tertiary/aromatic N) is 1. The molecule has 0 aliphatic heterocycles. The van der Waals surface area contributed by atoms with Gasteiger partial charge in [0.15, 0.2) is 0 Å². The van der Waals surface area contributed by atoms with Gasteiger partial charge < -0.3 is 13.4 Å². The summed E-state index contributed by atoms with van der Waals surface area (Å²) < 4.78 is 14.7. The van der Waals surface area contributed by atoms with Crippen LogP contribution in [0.3, 0.4) is 0 Å². The topological polar surface area (TPSA) is 21.7 Å². The van der Waals surface area contributed by atoms with Crippen LogP contribution in [0.2, 0.25) is 22.7 Å². The molecule has 0 aromatic carbocycles. The molecule has 3 nitrogen and oxygen atoms in total. The van der Waals surface area contributed by atoms with Crippen molar-refractivity contribution in [3.8, 4) is 0 Å². The van der Waals surface area contributed by atoms with Gasteiger partial charge in [0.05, 0.1) is 0 Å². The van der Waals surface area contributed by atoms with Gasteiger partial charge >= 0.3 is 9.28 Å². The lowest BCUT2D eigenvalue weighted by Crippen LogP contribution is -2.60. The van der Waals surface area contributed by atoms with Crippen LogP contribution < -0.4 is 0 Å². The Bertz CT molecular complexity index is 297. The van der Waals surface area contributed by atoms with Crippen LogP contribution >= 0.6 is 0 Å². The van der Waals surface area contributed by atoms with Gasteiger partial charge in [-0.1, -0.05) is 54.9 Å². The molecule has 0 fully saturated rings. The third kappa shape index (κ3) is 7.45. The molecule has 152 valence electrons. The van der Waals surface area contributed by atoms with Crippen molar-refractivity contribution in [2.75, 3.05) is 26.3 Å². The van der Waals surface area contributed by atoms with E-state index >= 15 is 0 Å². The number of rotatable bonds is 15. The van der Waals surface area contributed by atoms with Gasteiger partial charge in [0, 0.05) is 13.2 Å². The van der Waals surface area contributed by atoms with Gasteiger partial charge in [-0.2, -0.15) is 0 Å². The Morgan fingerprint density at radius 2 is 1.20 bits per heavy atom. The van der Waals surface area contributed by atoms with Crippen LogP contribution in [0.4, 0.5) is 0 Å². The molecule has 0 spiro atoms. The van der Waals surface area contributed by atoms with Gasteiger partial charge in [0.1, 0.15) is 8.24 Å². The summed E-state index contributed by atoms with van der Waals surface area (Å²) in [5, 5.41) is 0. The summed E-state index contributed by atoms with van der Waals surface area (Å²) in [6, 6.07) is 1.14. The van der Waals surface area contributed by atoms with Crippen LogP contribution in [0.25, 0.3) is 0 Å². The first-order valence-corrected chi connectivity index (χ1v) is 14.7. The molecule has 0 amide bonds. The van der Waals surface area contributed by atoms with E-state index in [0.717, 1.165) is 35.9 Å². The highest BCUT2D eigenvalue weighted by Crippen LogP contribution is 2.44. The van der Waals surface area contributed by atoms with Crippen molar-refractivity contribution in [2.45, 2.75) is 104 Å². The van der Waals surface area contributed by atoms with Crippen LogP contribution in [-0.4, -0.2) is 48.4 Å². The lowest BCUT2D eigenvalue weighted by molar-refractivity contribution is 0.211. The van der Waals surface area contributed by atoms with Crippen LogP contribution in [0.1, 0.15) is 81.6 Å². The van der Waals surface area contributed by atoms with Crippen LogP contribution in [-0.2, 0) is 8.85 Å². The van der Waals surface area contributed by atoms with E-state index in [1.807, 2.05) is 0 Å². The van der Waals surface area contributed by atoms with E-state index in [4.69, 9.17) is 8.85 Å². The summed E-state index contributed by atoms with van der Waals surface area (Å²) in [5.74, 6) is 0. The molecule has 0 aromatic heterocycles. The van der Waals surface area contributed by atoms with Gasteiger partial charge in [-0.3, -0.25) is 0 Å². The van der Waals surface area contributed by atoms with Crippen LogP contribution in [0.5, 0.6) is 0 Å². The molecule has 0 aliphatic carbocycles. The van der Waals surface area contributed by atoms with Gasteiger partial charge in [-0.25, -0.2) is 0 Å². The molecule has 25 heavy (non-hydrogen) atoms. The van der Waals surface area contributed by atoms with Gasteiger partial charge in [0.25, 0.3) is 0 Å². The largest absolute Gasteiger partial charge is 0.397 e. The van der Waals surface area contributed by atoms with E-state index in [1.165, 1.54) is 32.4 Å². The predicted molar refractivity (Wildman–Crippen MR) is 117 cm³/mol. The Balaban J connectivity index is 5.18. The molecular weight excluding hydrogens is 342 g/mol. The number of unbranched alkanes of at least 4 members (excludes halogenated alkanes) is 1. The van der Waals surface area contributed by atoms with E-state index in [0.29, 0.717) is 0 Å². The van der Waals surface area contributed by atoms with E-state index in [-0.39, 0.29) is 0 Å². The normalized spacial score (nSPS) is 13.2. The van der Waals surface area contributed by atoms with Crippen LogP contribution in [0, 0.1) is 0 Å². The SMILES string of the molecule is CCCCN(CCC[SiH](OCC)OCC)[Si](C(C)C)(C(C)C)C(C)C. The van der Waals surface area contributed by atoms with Crippen molar-refractivity contribution in [1.29, 1.82) is 0 Å². The highest BCUT2D eigenvalue weighted by Gasteiger charge is 2.47. The lowest BCUT2D eigenvalue weighted by Gasteiger charge is -2.51. The fourth-order valence-electron chi connectivity index (χ4n) is 4.98. The highest BCUT2D eigenvalue weighted by atomic mass is 28.3. The second kappa shape index (κ2) is 13.5. The van der Waals surface area contributed by atoms with Gasteiger partial charge in [0.2, 0.25) is 0 Å². The summed E-state index contributed by atoms with van der Waals surface area (Å²) in [7, 11) is -3.00. The fourth-order valence-corrected chi connectivity index (χ4v) is 13.9. The Hall–Kier alpha value is 0.314. The smallest absolute Gasteiger partial charge is 0.321 e. The van der Waals surface area contributed by atoms with Crippen LogP contribution in [0.15, 0.2) is 0 Å². The molecule has 0 unspecified atom stereocenters. The van der Waals surface area contributed by atoms with Gasteiger partial charge in [-0.05, 0) is 62.4 Å². The van der Waals surface area contributed by atoms with E-state index in [1.54, 1.807) is 0 Å². The van der Waals surface area contributed by atoms with E-state index < -0.39 is 17.5 Å². The summed E-state index contributed by atoms with van der Waals surface area (Å²) >= 11 is 0. The molecule has 0 rings (SSSR count). The molecule has 0 atom stereocenters. The quantitative estimate of drug-likeness (QED) is 0.323. The third-order valence-electron chi connectivity index (χ3n) is 5.68. The fraction of sp³-hybridized carbons (Fsp3) is 1.00. The molecule has 0 aliphatic rings. The Morgan fingerprint density at radius 1 is 0.760 bits per heavy atom. The molecule has 0 saturated heterocycles. The Labute approximate surface area is 161 Å². The third-order valence-corrected chi connectivity index (χ3v) is 15.1. The molecule has 0 aromatic rings. The molecule has 0 heterocycles. The van der Waals surface area contributed by atoms with Crippen molar-refractivity contribution in [3.05, 3.63) is 0 Å². The standard InChI is InChI=1S/C20H47NO2Si2/c1-10-13-15-21(16-14-17-24(22-11-2)23-12-3)25(18(4)5,19(6)7)20(8)9/h18-20,24H,10-17H2,1-9H3. The number of hydrogen-bond donors (Lipinski definition) is 0. The second-order valence-corrected chi connectivity index (χ2v) is 16.1. The van der Waals surface area contributed by atoms with E-state index in [2.05, 4.69) is 66.9 Å². The van der Waals surface area contributed by atoms with Gasteiger partial charge in [-0.15, -0.1) is 0 Å². The Kier molecular flexibility index (Phi) is 13.6. The Morgan fingerprint density at radius 3 is 1.56 bits per heavy atom. The van der Waals surface area contributed by atoms with Crippen molar-refractivity contribution in [1.82, 2.24) is 4.57 Å². The predicted octanol–water partition coefficient (Wildman–Crippen LogP) is 5.95. The first-order chi connectivity index (χ1) is 11.8. The lowest BCUT2D eigenvalue weighted by atomic mass is 10.3. The van der Waals surface area contributed by atoms with Crippen molar-refractivity contribution < 1.29 is 8.85 Å². The molecule has 0 radical (unpaired) electrons. The minimum Gasteiger partial charge on any atom is -0.397 e. The maximum absolute atomic E-state index is 5.88. The summed E-state index contributed by atoms with van der Waals surface area (Å²) in [6.45, 7) is 25.4. The zero-order valence-corrected chi connectivity index (χ0v) is 20.9. The summed E-state index contributed by atoms with van der Waals surface area (Å²) in [4.78, 5) is 0. The minimum atomic E-state index is -1.54. The zero-order valence-electron chi connectivity index (χ0n) is 18.7. The average molecular weight is 390 g/mol. The monoisotopic (exact) mass is 389 g/mol. The first kappa shape index (κ1) is 25.3. The molecule has 0 saturated carbocycles. The molecular formula is C20H47NO2Si2. The highest BCUT2D eigenvalue weighted by molar-refractivity contribution is 6.80. The average Bonchev–Trinajstić information content (AvgIpc) is 2.51. The zero-order chi connectivity index (χ0) is 19.5. The first-order valence-electron chi connectivity index (χ1n) is 10.8. The van der Waals surface area contributed by atoms with E-state index in [9.17, 15) is 0 Å². The van der Waals surface area contributed by atoms with Crippen molar-refractivity contribution >= 4 is 17.5 Å². The number of hydrogen-bond acceptors (Lipinski definition) is 3. The minimum absolute atomic E-state index is 0.788. The summed E-state index contributed by atoms with van der Waals surface area (Å²) in [5.41, 5.74) is 2.36. The summed E-state index contributed by atoms with van der Waals surface area (Å²) in [6.07, 6.45) is 3.82. The molecule has 5 heteroatoms. The van der Waals surface area contributed by atoms with Crippen molar-refractivity contribution in [3.63, 3.8) is 0 Å². The maximum atomic E-state index is 5.88.